The molecular weight excluding hydrogens is 262 g/mol. The van der Waals surface area contributed by atoms with Crippen LogP contribution in [0.25, 0.3) is 0 Å². The molecule has 2 rings (SSSR count). The summed E-state index contributed by atoms with van der Waals surface area (Å²) < 4.78 is 0. The maximum Gasteiger partial charge on any atom is 0.271 e. The molecule has 0 aromatic carbocycles. The summed E-state index contributed by atoms with van der Waals surface area (Å²) in [6, 6.07) is 0.243. The van der Waals surface area contributed by atoms with Gasteiger partial charge in [0.05, 0.1) is 0 Å². The van der Waals surface area contributed by atoms with E-state index in [1.807, 2.05) is 0 Å². The topological polar surface area (TPSA) is 71.1 Å². The van der Waals surface area contributed by atoms with E-state index in [1.54, 1.807) is 5.38 Å². The third kappa shape index (κ3) is 3.76. The summed E-state index contributed by atoms with van der Waals surface area (Å²) in [6.45, 7) is 3.60. The summed E-state index contributed by atoms with van der Waals surface area (Å²) in [7, 11) is 0. The molecule has 0 unspecified atom stereocenters. The Bertz CT molecular complexity index is 472. The minimum Gasteiger partial charge on any atom is -0.348 e. The van der Waals surface area contributed by atoms with Crippen LogP contribution in [0.1, 0.15) is 50.0 Å². The average molecular weight is 281 g/mol. The minimum absolute atomic E-state index is 0.147. The van der Waals surface area contributed by atoms with E-state index >= 15 is 0 Å². The van der Waals surface area contributed by atoms with Gasteiger partial charge in [0, 0.05) is 18.3 Å². The van der Waals surface area contributed by atoms with Crippen LogP contribution in [0.4, 0.5) is 5.13 Å². The Morgan fingerprint density at radius 3 is 2.79 bits per heavy atom. The lowest BCUT2D eigenvalue weighted by Crippen LogP contribution is -2.41. The molecule has 1 aromatic heterocycles. The lowest BCUT2D eigenvalue weighted by atomic mass is 9.86. The van der Waals surface area contributed by atoms with Gasteiger partial charge in [-0.3, -0.25) is 9.59 Å². The quantitative estimate of drug-likeness (QED) is 0.893. The third-order valence-corrected chi connectivity index (χ3v) is 4.21. The van der Waals surface area contributed by atoms with E-state index in [0.29, 0.717) is 16.7 Å². The van der Waals surface area contributed by atoms with Crippen molar-refractivity contribution in [3.63, 3.8) is 0 Å². The van der Waals surface area contributed by atoms with Gasteiger partial charge in [-0.25, -0.2) is 4.98 Å². The van der Waals surface area contributed by atoms with Crippen molar-refractivity contribution >= 4 is 28.3 Å². The number of nitrogens with one attached hydrogen (secondary N) is 2. The van der Waals surface area contributed by atoms with Crippen LogP contribution < -0.4 is 10.6 Å². The minimum atomic E-state index is -0.179. The van der Waals surface area contributed by atoms with Crippen LogP contribution >= 0.6 is 11.3 Å². The number of rotatable bonds is 3. The van der Waals surface area contributed by atoms with Crippen LogP contribution in [0, 0.1) is 5.92 Å². The van der Waals surface area contributed by atoms with Gasteiger partial charge < -0.3 is 10.6 Å². The second-order valence-electron chi connectivity index (χ2n) is 5.06. The number of hydrogen-bond donors (Lipinski definition) is 2. The zero-order chi connectivity index (χ0) is 13.8. The number of aromatic nitrogens is 1. The summed E-state index contributed by atoms with van der Waals surface area (Å²) in [4.78, 5) is 27.1. The molecule has 104 valence electrons. The van der Waals surface area contributed by atoms with E-state index in [-0.39, 0.29) is 17.9 Å². The molecule has 0 bridgehead atoms. The molecule has 1 aromatic rings. The average Bonchev–Trinajstić information content (AvgIpc) is 2.79. The molecule has 19 heavy (non-hydrogen) atoms. The fraction of sp³-hybridized carbons (Fsp3) is 0.615. The Morgan fingerprint density at radius 2 is 2.11 bits per heavy atom. The molecule has 6 heteroatoms. The summed E-state index contributed by atoms with van der Waals surface area (Å²) >= 11 is 1.27. The molecule has 5 nitrogen and oxygen atoms in total. The third-order valence-electron chi connectivity index (χ3n) is 3.45. The molecule has 1 heterocycles. The zero-order valence-electron chi connectivity index (χ0n) is 11.2. The van der Waals surface area contributed by atoms with Crippen molar-refractivity contribution in [2.24, 2.45) is 5.92 Å². The molecule has 0 radical (unpaired) electrons. The van der Waals surface area contributed by atoms with E-state index in [0.717, 1.165) is 6.42 Å². The molecule has 1 aliphatic rings. The highest BCUT2D eigenvalue weighted by molar-refractivity contribution is 7.14. The first-order chi connectivity index (χ1) is 9.06. The molecule has 2 N–H and O–H groups in total. The molecule has 0 saturated heterocycles. The Kier molecular flexibility index (Phi) is 4.52. The van der Waals surface area contributed by atoms with Gasteiger partial charge in [0.1, 0.15) is 5.69 Å². The van der Waals surface area contributed by atoms with Gasteiger partial charge in [0.25, 0.3) is 5.91 Å². The Hall–Kier alpha value is -1.43. The highest BCUT2D eigenvalue weighted by Gasteiger charge is 2.24. The van der Waals surface area contributed by atoms with E-state index in [1.165, 1.54) is 37.5 Å². The van der Waals surface area contributed by atoms with Crippen LogP contribution in [-0.2, 0) is 4.79 Å². The fourth-order valence-electron chi connectivity index (χ4n) is 2.36. The number of hydrogen-bond acceptors (Lipinski definition) is 4. The molecule has 1 aliphatic carbocycles. The van der Waals surface area contributed by atoms with Gasteiger partial charge >= 0.3 is 0 Å². The van der Waals surface area contributed by atoms with Gasteiger partial charge in [-0.05, 0) is 18.8 Å². The summed E-state index contributed by atoms with van der Waals surface area (Å²) in [5.74, 6) is 0.194. The van der Waals surface area contributed by atoms with E-state index in [2.05, 4.69) is 22.5 Å². The second kappa shape index (κ2) is 6.14. The fourth-order valence-corrected chi connectivity index (χ4v) is 3.10. The van der Waals surface area contributed by atoms with Crippen LogP contribution in [-0.4, -0.2) is 22.8 Å². The number of anilines is 1. The monoisotopic (exact) mass is 281 g/mol. The van der Waals surface area contributed by atoms with Crippen molar-refractivity contribution in [1.29, 1.82) is 0 Å². The van der Waals surface area contributed by atoms with Crippen molar-refractivity contribution in [2.75, 3.05) is 5.32 Å². The van der Waals surface area contributed by atoms with Crippen LogP contribution in [0.5, 0.6) is 0 Å². The van der Waals surface area contributed by atoms with E-state index in [4.69, 9.17) is 0 Å². The molecule has 1 fully saturated rings. The van der Waals surface area contributed by atoms with Gasteiger partial charge in [0.2, 0.25) is 5.91 Å². The van der Waals surface area contributed by atoms with E-state index in [9.17, 15) is 9.59 Å². The summed E-state index contributed by atoms with van der Waals surface area (Å²) in [5.41, 5.74) is 0.381. The zero-order valence-corrected chi connectivity index (χ0v) is 12.0. The SMILES string of the molecule is CC(=O)Nc1nc(C(=O)N[C@H]2CCCC[C@@H]2C)cs1. The first kappa shape index (κ1) is 14.0. The van der Waals surface area contributed by atoms with Crippen molar-refractivity contribution in [1.82, 2.24) is 10.3 Å². The largest absolute Gasteiger partial charge is 0.348 e. The van der Waals surface area contributed by atoms with Crippen molar-refractivity contribution in [2.45, 2.75) is 45.6 Å². The first-order valence-electron chi connectivity index (χ1n) is 6.60. The number of thiazole rings is 1. The normalized spacial score (nSPS) is 22.8. The lowest BCUT2D eigenvalue weighted by molar-refractivity contribution is -0.114. The second-order valence-corrected chi connectivity index (χ2v) is 5.92. The number of amides is 2. The first-order valence-corrected chi connectivity index (χ1v) is 7.48. The Balaban J connectivity index is 1.95. The lowest BCUT2D eigenvalue weighted by Gasteiger charge is -2.29. The predicted octanol–water partition coefficient (Wildman–Crippen LogP) is 2.41. The Morgan fingerprint density at radius 1 is 1.37 bits per heavy atom. The van der Waals surface area contributed by atoms with E-state index < -0.39 is 0 Å². The van der Waals surface area contributed by atoms with Crippen LogP contribution in [0.3, 0.4) is 0 Å². The molecule has 2 atom stereocenters. The van der Waals surface area contributed by atoms with Crippen LogP contribution in [0.2, 0.25) is 0 Å². The van der Waals surface area contributed by atoms with Gasteiger partial charge in [-0.2, -0.15) is 0 Å². The summed E-state index contributed by atoms with van der Waals surface area (Å²) in [5, 5.41) is 7.77. The van der Waals surface area contributed by atoms with Gasteiger partial charge in [0.15, 0.2) is 5.13 Å². The summed E-state index contributed by atoms with van der Waals surface area (Å²) in [6.07, 6.45) is 4.62. The molecule has 0 aliphatic heterocycles. The number of nitrogens with zero attached hydrogens (tertiary/aromatic N) is 1. The molecular formula is C13H19N3O2S. The van der Waals surface area contributed by atoms with Crippen molar-refractivity contribution < 1.29 is 9.59 Å². The number of carbonyl (C=O) groups excluding carboxylic acids is 2. The molecule has 0 spiro atoms. The molecule has 1 saturated carbocycles. The highest BCUT2D eigenvalue weighted by atomic mass is 32.1. The van der Waals surface area contributed by atoms with Gasteiger partial charge in [-0.15, -0.1) is 11.3 Å². The van der Waals surface area contributed by atoms with Crippen molar-refractivity contribution in [3.8, 4) is 0 Å². The maximum absolute atomic E-state index is 12.1. The smallest absolute Gasteiger partial charge is 0.271 e. The standard InChI is InChI=1S/C13H19N3O2S/c1-8-5-3-4-6-10(8)15-12(18)11-7-19-13(16-11)14-9(2)17/h7-8,10H,3-6H2,1-2H3,(H,15,18)(H,14,16,17)/t8-,10-/m0/s1. The highest BCUT2D eigenvalue weighted by Crippen LogP contribution is 2.24. The van der Waals surface area contributed by atoms with Gasteiger partial charge in [-0.1, -0.05) is 19.8 Å². The van der Waals surface area contributed by atoms with Crippen molar-refractivity contribution in [3.05, 3.63) is 11.1 Å². The Labute approximate surface area is 116 Å². The van der Waals surface area contributed by atoms with Crippen LogP contribution in [0.15, 0.2) is 5.38 Å². The predicted molar refractivity (Wildman–Crippen MR) is 75.3 cm³/mol. The maximum atomic E-state index is 12.1. The molecule has 2 amide bonds. The number of carbonyl (C=O) groups is 2.